The molecule has 0 aliphatic heterocycles. The van der Waals surface area contributed by atoms with Gasteiger partial charge < -0.3 is 4.90 Å². The molecular formula is C13H23NSi. The Balaban J connectivity index is 2.52. The van der Waals surface area contributed by atoms with Crippen LogP contribution in [0.4, 0.5) is 0 Å². The smallest absolute Gasteiger partial charge is 0.0806 e. The number of hydrogen-bond acceptors (Lipinski definition) is 1. The highest BCUT2D eigenvalue weighted by atomic mass is 28.3. The van der Waals surface area contributed by atoms with Crippen molar-refractivity contribution >= 4 is 13.3 Å². The predicted molar refractivity (Wildman–Crippen MR) is 71.5 cm³/mol. The molecule has 0 saturated carbocycles. The van der Waals surface area contributed by atoms with E-state index in [1.54, 1.807) is 5.19 Å². The number of nitrogens with zero attached hydrogens (tertiary/aromatic N) is 1. The third kappa shape index (κ3) is 4.18. The molecule has 1 aromatic carbocycles. The molecule has 0 saturated heterocycles. The first-order valence-corrected chi connectivity index (χ1v) is 8.93. The van der Waals surface area contributed by atoms with E-state index in [0.29, 0.717) is 0 Å². The van der Waals surface area contributed by atoms with Crippen LogP contribution in [0.5, 0.6) is 0 Å². The second-order valence-electron chi connectivity index (χ2n) is 5.16. The second-order valence-corrected chi connectivity index (χ2v) is 10.0. The Bertz CT molecular complexity index is 280. The lowest BCUT2D eigenvalue weighted by Crippen LogP contribution is -2.41. The lowest BCUT2D eigenvalue weighted by Gasteiger charge is -2.23. The van der Waals surface area contributed by atoms with Crippen LogP contribution in [-0.2, 0) is 0 Å². The Morgan fingerprint density at radius 3 is 2.20 bits per heavy atom. The van der Waals surface area contributed by atoms with Crippen molar-refractivity contribution in [2.75, 3.05) is 20.6 Å². The van der Waals surface area contributed by atoms with Gasteiger partial charge in [0.1, 0.15) is 0 Å². The van der Waals surface area contributed by atoms with Gasteiger partial charge in [0.05, 0.1) is 8.07 Å². The lowest BCUT2D eigenvalue weighted by atomic mass is 10.4. The molecular weight excluding hydrogens is 198 g/mol. The van der Waals surface area contributed by atoms with Crippen LogP contribution in [0.15, 0.2) is 30.3 Å². The van der Waals surface area contributed by atoms with Crippen molar-refractivity contribution < 1.29 is 0 Å². The summed E-state index contributed by atoms with van der Waals surface area (Å²) < 4.78 is 0. The van der Waals surface area contributed by atoms with Gasteiger partial charge in [-0.3, -0.25) is 0 Å². The molecule has 0 amide bonds. The van der Waals surface area contributed by atoms with Crippen molar-refractivity contribution in [1.29, 1.82) is 0 Å². The van der Waals surface area contributed by atoms with E-state index >= 15 is 0 Å². The van der Waals surface area contributed by atoms with E-state index in [1.165, 1.54) is 19.0 Å². The van der Waals surface area contributed by atoms with Crippen molar-refractivity contribution in [3.05, 3.63) is 30.3 Å². The van der Waals surface area contributed by atoms with E-state index in [-0.39, 0.29) is 0 Å². The molecule has 2 heteroatoms. The molecule has 0 heterocycles. The van der Waals surface area contributed by atoms with E-state index in [2.05, 4.69) is 62.4 Å². The average molecular weight is 221 g/mol. The van der Waals surface area contributed by atoms with Gasteiger partial charge in [-0.25, -0.2) is 0 Å². The van der Waals surface area contributed by atoms with Gasteiger partial charge in [-0.1, -0.05) is 54.7 Å². The van der Waals surface area contributed by atoms with Gasteiger partial charge in [-0.15, -0.1) is 0 Å². The molecule has 1 nitrogen and oxygen atoms in total. The summed E-state index contributed by atoms with van der Waals surface area (Å²) in [4.78, 5) is 2.27. The highest BCUT2D eigenvalue weighted by Crippen LogP contribution is 2.12. The van der Waals surface area contributed by atoms with Crippen molar-refractivity contribution in [3.8, 4) is 0 Å². The van der Waals surface area contributed by atoms with Crippen LogP contribution in [-0.4, -0.2) is 33.6 Å². The van der Waals surface area contributed by atoms with E-state index in [4.69, 9.17) is 0 Å². The zero-order chi connectivity index (χ0) is 11.3. The molecule has 0 aliphatic rings. The van der Waals surface area contributed by atoms with Crippen molar-refractivity contribution in [1.82, 2.24) is 4.90 Å². The predicted octanol–water partition coefficient (Wildman–Crippen LogP) is 2.55. The molecule has 0 aliphatic carbocycles. The highest BCUT2D eigenvalue weighted by Gasteiger charge is 2.22. The maximum absolute atomic E-state index is 2.47. The summed E-state index contributed by atoms with van der Waals surface area (Å²) in [6.45, 7) is 6.15. The summed E-state index contributed by atoms with van der Waals surface area (Å²) in [5.41, 5.74) is 0. The molecule has 0 radical (unpaired) electrons. The fourth-order valence-electron chi connectivity index (χ4n) is 1.87. The van der Waals surface area contributed by atoms with Crippen molar-refractivity contribution in [3.63, 3.8) is 0 Å². The van der Waals surface area contributed by atoms with Crippen molar-refractivity contribution in [2.24, 2.45) is 0 Å². The van der Waals surface area contributed by atoms with Gasteiger partial charge >= 0.3 is 0 Å². The quantitative estimate of drug-likeness (QED) is 0.691. The maximum Gasteiger partial charge on any atom is 0.0806 e. The third-order valence-corrected chi connectivity index (χ3v) is 6.46. The Kier molecular flexibility index (Phi) is 4.55. The first kappa shape index (κ1) is 12.5. The topological polar surface area (TPSA) is 3.24 Å². The zero-order valence-electron chi connectivity index (χ0n) is 10.5. The lowest BCUT2D eigenvalue weighted by molar-refractivity contribution is 0.408. The number of benzene rings is 1. The molecule has 0 spiro atoms. The van der Waals surface area contributed by atoms with Gasteiger partial charge in [-0.05, 0) is 27.1 Å². The van der Waals surface area contributed by atoms with Crippen LogP contribution in [0.3, 0.4) is 0 Å². The fourth-order valence-corrected chi connectivity index (χ4v) is 4.30. The third-order valence-electron chi connectivity index (χ3n) is 2.96. The first-order chi connectivity index (χ1) is 7.02. The minimum Gasteiger partial charge on any atom is -0.309 e. The molecule has 0 N–H and O–H groups in total. The first-order valence-electron chi connectivity index (χ1n) is 5.72. The Morgan fingerprint density at radius 1 is 1.07 bits per heavy atom. The number of rotatable bonds is 5. The summed E-state index contributed by atoms with van der Waals surface area (Å²) in [5, 5.41) is 1.59. The monoisotopic (exact) mass is 221 g/mol. The molecule has 15 heavy (non-hydrogen) atoms. The van der Waals surface area contributed by atoms with Gasteiger partial charge in [0, 0.05) is 0 Å². The van der Waals surface area contributed by atoms with E-state index in [9.17, 15) is 0 Å². The zero-order valence-corrected chi connectivity index (χ0v) is 11.5. The van der Waals surface area contributed by atoms with Crippen LogP contribution < -0.4 is 5.19 Å². The van der Waals surface area contributed by atoms with Gasteiger partial charge in [0.25, 0.3) is 0 Å². The maximum atomic E-state index is 2.47. The summed E-state index contributed by atoms with van der Waals surface area (Å²) in [7, 11) is 3.13. The molecule has 0 unspecified atom stereocenters. The summed E-state index contributed by atoms with van der Waals surface area (Å²) >= 11 is 0. The summed E-state index contributed by atoms with van der Waals surface area (Å²) in [6.07, 6.45) is 1.32. The van der Waals surface area contributed by atoms with E-state index in [0.717, 1.165) is 0 Å². The van der Waals surface area contributed by atoms with Crippen molar-refractivity contribution in [2.45, 2.75) is 25.6 Å². The van der Waals surface area contributed by atoms with E-state index in [1.807, 2.05) is 0 Å². The molecule has 0 aromatic heterocycles. The molecule has 0 fully saturated rings. The average Bonchev–Trinajstić information content (AvgIpc) is 2.18. The molecule has 1 aromatic rings. The Labute approximate surface area is 95.1 Å². The highest BCUT2D eigenvalue weighted by molar-refractivity contribution is 6.89. The Hall–Kier alpha value is -0.603. The molecule has 1 rings (SSSR count). The normalized spacial score (nSPS) is 12.1. The van der Waals surface area contributed by atoms with E-state index < -0.39 is 8.07 Å². The van der Waals surface area contributed by atoms with Crippen LogP contribution in [0.2, 0.25) is 19.1 Å². The SMILES string of the molecule is CN(C)CCC[Si](C)(C)c1ccccc1. The van der Waals surface area contributed by atoms with Crippen LogP contribution in [0, 0.1) is 0 Å². The van der Waals surface area contributed by atoms with Crippen LogP contribution in [0.1, 0.15) is 6.42 Å². The number of hydrogen-bond donors (Lipinski definition) is 0. The second kappa shape index (κ2) is 5.47. The molecule has 0 atom stereocenters. The summed E-state index contributed by atoms with van der Waals surface area (Å²) in [5.74, 6) is 0. The fraction of sp³-hybridized carbons (Fsp3) is 0.538. The van der Waals surface area contributed by atoms with Gasteiger partial charge in [0.15, 0.2) is 0 Å². The van der Waals surface area contributed by atoms with Crippen LogP contribution in [0.25, 0.3) is 0 Å². The molecule has 84 valence electrons. The summed E-state index contributed by atoms with van der Waals surface area (Å²) in [6, 6.07) is 12.4. The van der Waals surface area contributed by atoms with Crippen LogP contribution >= 0.6 is 0 Å². The van der Waals surface area contributed by atoms with Gasteiger partial charge in [-0.2, -0.15) is 0 Å². The standard InChI is InChI=1S/C13H23NSi/c1-14(2)11-8-12-15(3,4)13-9-6-5-7-10-13/h5-7,9-10H,8,11-12H2,1-4H3. The molecule has 0 bridgehead atoms. The van der Waals surface area contributed by atoms with Gasteiger partial charge in [0.2, 0.25) is 0 Å². The minimum absolute atomic E-state index is 1.17. The largest absolute Gasteiger partial charge is 0.309 e. The Morgan fingerprint density at radius 2 is 1.67 bits per heavy atom. The minimum atomic E-state index is -1.17.